The number of aliphatic hydroxyl groups is 1. The fourth-order valence-corrected chi connectivity index (χ4v) is 4.50. The third-order valence-corrected chi connectivity index (χ3v) is 5.63. The number of halogens is 4. The molecule has 0 saturated heterocycles. The van der Waals surface area contributed by atoms with Crippen LogP contribution in [0.1, 0.15) is 24.5 Å². The second-order valence-corrected chi connectivity index (χ2v) is 7.46. The van der Waals surface area contributed by atoms with Crippen molar-refractivity contribution in [2.45, 2.75) is 32.3 Å². The van der Waals surface area contributed by atoms with Gasteiger partial charge in [0.15, 0.2) is 6.36 Å². The Morgan fingerprint density at radius 3 is 2.76 bits per heavy atom. The van der Waals surface area contributed by atoms with Crippen LogP contribution < -0.4 is 0 Å². The molecular weight excluding hydrogens is 352 g/mol. The molecule has 0 amide bonds. The van der Waals surface area contributed by atoms with E-state index in [4.69, 9.17) is 0 Å². The SMILES string of the molecule is CC1(CC(O)F)C(Cc2cccc(C(F)(F)F)c2)=CC2=C1CSC=C2. The van der Waals surface area contributed by atoms with Gasteiger partial charge >= 0.3 is 6.18 Å². The number of hydrogen-bond acceptors (Lipinski definition) is 2. The number of alkyl halides is 4. The van der Waals surface area contributed by atoms with Crippen molar-refractivity contribution in [2.75, 3.05) is 5.75 Å². The van der Waals surface area contributed by atoms with Gasteiger partial charge in [-0.3, -0.25) is 0 Å². The molecule has 6 heteroatoms. The van der Waals surface area contributed by atoms with Crippen LogP contribution in [-0.2, 0) is 12.6 Å². The zero-order chi connectivity index (χ0) is 18.2. The molecule has 0 aromatic heterocycles. The highest BCUT2D eigenvalue weighted by Crippen LogP contribution is 2.51. The Kier molecular flexibility index (Phi) is 4.86. The first-order chi connectivity index (χ1) is 11.7. The average Bonchev–Trinajstić information content (AvgIpc) is 2.79. The van der Waals surface area contributed by atoms with E-state index in [0.717, 1.165) is 28.9 Å². The van der Waals surface area contributed by atoms with E-state index in [1.165, 1.54) is 6.07 Å². The van der Waals surface area contributed by atoms with Crippen molar-refractivity contribution in [2.24, 2.45) is 5.41 Å². The molecule has 1 aliphatic carbocycles. The van der Waals surface area contributed by atoms with Crippen molar-refractivity contribution in [1.29, 1.82) is 0 Å². The zero-order valence-corrected chi connectivity index (χ0v) is 14.4. The zero-order valence-electron chi connectivity index (χ0n) is 13.6. The lowest BCUT2D eigenvalue weighted by atomic mass is 9.74. The molecule has 134 valence electrons. The van der Waals surface area contributed by atoms with Gasteiger partial charge in [-0.2, -0.15) is 13.2 Å². The monoisotopic (exact) mass is 370 g/mol. The van der Waals surface area contributed by atoms with E-state index >= 15 is 0 Å². The van der Waals surface area contributed by atoms with Crippen molar-refractivity contribution in [3.8, 4) is 0 Å². The Morgan fingerprint density at radius 2 is 2.08 bits per heavy atom. The summed E-state index contributed by atoms with van der Waals surface area (Å²) in [7, 11) is 0. The van der Waals surface area contributed by atoms with Gasteiger partial charge in [0.1, 0.15) is 0 Å². The largest absolute Gasteiger partial charge is 0.416 e. The van der Waals surface area contributed by atoms with Gasteiger partial charge in [0.25, 0.3) is 0 Å². The van der Waals surface area contributed by atoms with Gasteiger partial charge in [-0.05, 0) is 40.7 Å². The number of rotatable bonds is 4. The summed E-state index contributed by atoms with van der Waals surface area (Å²) in [6.07, 6.45) is -2.31. The summed E-state index contributed by atoms with van der Waals surface area (Å²) >= 11 is 1.59. The summed E-state index contributed by atoms with van der Waals surface area (Å²) in [5, 5.41) is 11.3. The molecule has 3 rings (SSSR count). The van der Waals surface area contributed by atoms with Crippen LogP contribution in [0.15, 0.2) is 58.5 Å². The maximum atomic E-state index is 13.4. The summed E-state index contributed by atoms with van der Waals surface area (Å²) in [4.78, 5) is 0. The van der Waals surface area contributed by atoms with Gasteiger partial charge in [-0.15, -0.1) is 11.8 Å². The Balaban J connectivity index is 1.93. The smallest absolute Gasteiger partial charge is 0.364 e. The molecule has 1 aromatic carbocycles. The molecule has 0 radical (unpaired) electrons. The molecule has 0 spiro atoms. The van der Waals surface area contributed by atoms with E-state index in [-0.39, 0.29) is 6.42 Å². The van der Waals surface area contributed by atoms with Gasteiger partial charge in [0.2, 0.25) is 0 Å². The second kappa shape index (κ2) is 6.65. The number of allylic oxidation sites excluding steroid dienone is 4. The fraction of sp³-hybridized carbons (Fsp3) is 0.368. The summed E-state index contributed by atoms with van der Waals surface area (Å²) in [5.74, 6) is 0.692. The first-order valence-corrected chi connectivity index (χ1v) is 8.96. The van der Waals surface area contributed by atoms with Crippen LogP contribution in [0.2, 0.25) is 0 Å². The van der Waals surface area contributed by atoms with Crippen LogP contribution in [0.25, 0.3) is 0 Å². The number of benzene rings is 1. The molecule has 1 N–H and O–H groups in total. The van der Waals surface area contributed by atoms with Crippen LogP contribution in [-0.4, -0.2) is 17.2 Å². The first-order valence-electron chi connectivity index (χ1n) is 7.91. The molecule has 2 aliphatic rings. The second-order valence-electron chi connectivity index (χ2n) is 6.56. The molecule has 0 saturated carbocycles. The lowest BCUT2D eigenvalue weighted by Crippen LogP contribution is -2.27. The van der Waals surface area contributed by atoms with Crippen molar-refractivity contribution in [1.82, 2.24) is 0 Å². The standard InChI is InChI=1S/C19H18F4OS/c1-18(10-17(20)24)15(9-13-5-6-25-11-16(13)18)8-12-3-2-4-14(7-12)19(21,22)23/h2-7,9,17,24H,8,10-11H2,1H3. The van der Waals surface area contributed by atoms with Gasteiger partial charge < -0.3 is 5.11 Å². The summed E-state index contributed by atoms with van der Waals surface area (Å²) in [6, 6.07) is 5.21. The predicted octanol–water partition coefficient (Wildman–Crippen LogP) is 5.43. The van der Waals surface area contributed by atoms with Crippen LogP contribution in [0.4, 0.5) is 17.6 Å². The Labute approximate surface area is 148 Å². The topological polar surface area (TPSA) is 20.2 Å². The van der Waals surface area contributed by atoms with Gasteiger partial charge in [-0.25, -0.2) is 4.39 Å². The molecule has 25 heavy (non-hydrogen) atoms. The maximum Gasteiger partial charge on any atom is 0.416 e. The average molecular weight is 370 g/mol. The molecule has 1 aliphatic heterocycles. The molecule has 2 unspecified atom stereocenters. The minimum atomic E-state index is -4.39. The summed E-state index contributed by atoms with van der Waals surface area (Å²) in [5.41, 5.74) is 1.99. The Morgan fingerprint density at radius 1 is 1.32 bits per heavy atom. The fourth-order valence-electron chi connectivity index (χ4n) is 3.51. The lowest BCUT2D eigenvalue weighted by molar-refractivity contribution is -0.137. The third kappa shape index (κ3) is 3.70. The Hall–Kier alpha value is -1.53. The third-order valence-electron chi connectivity index (χ3n) is 4.85. The van der Waals surface area contributed by atoms with Crippen LogP contribution in [0.3, 0.4) is 0 Å². The molecule has 2 atom stereocenters. The normalized spacial score (nSPS) is 24.3. The van der Waals surface area contributed by atoms with Crippen molar-refractivity contribution in [3.05, 3.63) is 69.7 Å². The minimum absolute atomic E-state index is 0.0922. The number of aliphatic hydroxyl groups excluding tert-OH is 1. The summed E-state index contributed by atoms with van der Waals surface area (Å²) in [6.45, 7) is 1.86. The van der Waals surface area contributed by atoms with E-state index in [9.17, 15) is 22.7 Å². The van der Waals surface area contributed by atoms with E-state index in [0.29, 0.717) is 17.7 Å². The molecular formula is C19H18F4OS. The van der Waals surface area contributed by atoms with Crippen molar-refractivity contribution in [3.63, 3.8) is 0 Å². The van der Waals surface area contributed by atoms with Gasteiger partial charge in [0.05, 0.1) is 5.56 Å². The van der Waals surface area contributed by atoms with Crippen LogP contribution >= 0.6 is 11.8 Å². The molecule has 0 fully saturated rings. The predicted molar refractivity (Wildman–Crippen MR) is 91.7 cm³/mol. The van der Waals surface area contributed by atoms with E-state index < -0.39 is 23.5 Å². The highest BCUT2D eigenvalue weighted by molar-refractivity contribution is 8.02. The van der Waals surface area contributed by atoms with Crippen LogP contribution in [0, 0.1) is 5.41 Å². The van der Waals surface area contributed by atoms with E-state index in [2.05, 4.69) is 0 Å². The molecule has 0 bridgehead atoms. The molecule has 1 aromatic rings. The van der Waals surface area contributed by atoms with Crippen molar-refractivity contribution < 1.29 is 22.7 Å². The summed E-state index contributed by atoms with van der Waals surface area (Å²) < 4.78 is 52.2. The van der Waals surface area contributed by atoms with Gasteiger partial charge in [-0.1, -0.05) is 36.8 Å². The number of hydrogen-bond donors (Lipinski definition) is 1. The highest BCUT2D eigenvalue weighted by atomic mass is 32.2. The Bertz CT molecular complexity index is 761. The molecule has 1 nitrogen and oxygen atoms in total. The van der Waals surface area contributed by atoms with Gasteiger partial charge in [0, 0.05) is 17.6 Å². The van der Waals surface area contributed by atoms with Crippen LogP contribution in [0.5, 0.6) is 0 Å². The van der Waals surface area contributed by atoms with Crippen molar-refractivity contribution >= 4 is 11.8 Å². The quantitative estimate of drug-likeness (QED) is 0.713. The molecule has 1 heterocycles. The van der Waals surface area contributed by atoms with E-state index in [1.807, 2.05) is 24.5 Å². The first kappa shape index (κ1) is 18.3. The minimum Gasteiger partial charge on any atom is -0.364 e. The lowest BCUT2D eigenvalue weighted by Gasteiger charge is -2.33. The number of thioether (sulfide) groups is 1. The highest BCUT2D eigenvalue weighted by Gasteiger charge is 2.41. The van der Waals surface area contributed by atoms with E-state index in [1.54, 1.807) is 17.8 Å². The maximum absolute atomic E-state index is 13.4.